The van der Waals surface area contributed by atoms with Crippen LogP contribution in [0.3, 0.4) is 0 Å². The number of tetrazole rings is 1. The van der Waals surface area contributed by atoms with Crippen molar-refractivity contribution >= 4 is 10.9 Å². The Labute approximate surface area is 175 Å². The van der Waals surface area contributed by atoms with E-state index in [1.807, 2.05) is 11.6 Å². The van der Waals surface area contributed by atoms with Gasteiger partial charge in [0, 0.05) is 19.4 Å². The Morgan fingerprint density at radius 2 is 2.07 bits per heavy atom. The van der Waals surface area contributed by atoms with Gasteiger partial charge in [0.2, 0.25) is 5.82 Å². The number of aromatic nitrogens is 5. The van der Waals surface area contributed by atoms with Crippen LogP contribution in [0, 0.1) is 13.8 Å². The van der Waals surface area contributed by atoms with Gasteiger partial charge in [0.05, 0.1) is 36.8 Å². The van der Waals surface area contributed by atoms with Crippen LogP contribution in [0.1, 0.15) is 54.2 Å². The molecule has 0 saturated carbocycles. The fourth-order valence-corrected chi connectivity index (χ4v) is 5.11. The number of aryl methyl sites for hydroxylation is 2. The second-order valence-corrected chi connectivity index (χ2v) is 8.75. The number of hydrogen-bond acceptors (Lipinski definition) is 5. The SMILES string of the molecule is Cc1cc(C)c2[nH]c(=O)c([C@H](c3nnnn3C[C@H]3CCCO3)[NH+]3CCCC3)cc2c1. The zero-order valence-electron chi connectivity index (χ0n) is 17.6. The maximum absolute atomic E-state index is 13.2. The van der Waals surface area contributed by atoms with Gasteiger partial charge in [-0.25, -0.2) is 4.68 Å². The predicted molar refractivity (Wildman–Crippen MR) is 113 cm³/mol. The maximum atomic E-state index is 13.2. The minimum absolute atomic E-state index is 0.0504. The number of hydrogen-bond donors (Lipinski definition) is 2. The molecule has 2 fully saturated rings. The molecule has 158 valence electrons. The van der Waals surface area contributed by atoms with E-state index in [-0.39, 0.29) is 17.7 Å². The average molecular weight is 410 g/mol. The summed E-state index contributed by atoms with van der Waals surface area (Å²) in [5, 5.41) is 13.7. The van der Waals surface area contributed by atoms with Crippen molar-refractivity contribution < 1.29 is 9.64 Å². The molecule has 3 aromatic rings. The summed E-state index contributed by atoms with van der Waals surface area (Å²) in [5.41, 5.74) is 3.87. The molecule has 2 aliphatic heterocycles. The predicted octanol–water partition coefficient (Wildman–Crippen LogP) is 1.08. The first-order chi connectivity index (χ1) is 14.6. The van der Waals surface area contributed by atoms with Crippen LogP contribution >= 0.6 is 0 Å². The first kappa shape index (κ1) is 19.4. The number of aromatic amines is 1. The van der Waals surface area contributed by atoms with Gasteiger partial charge in [0.25, 0.3) is 5.56 Å². The van der Waals surface area contributed by atoms with Gasteiger partial charge in [-0.1, -0.05) is 11.6 Å². The van der Waals surface area contributed by atoms with Crippen molar-refractivity contribution in [1.29, 1.82) is 0 Å². The van der Waals surface area contributed by atoms with E-state index in [9.17, 15) is 4.79 Å². The van der Waals surface area contributed by atoms with Crippen LogP contribution in [0.25, 0.3) is 10.9 Å². The molecule has 2 aromatic heterocycles. The molecule has 0 bridgehead atoms. The second-order valence-electron chi connectivity index (χ2n) is 8.75. The molecule has 0 radical (unpaired) electrons. The maximum Gasteiger partial charge on any atom is 0.258 e. The Kier molecular flexibility index (Phi) is 5.12. The summed E-state index contributed by atoms with van der Waals surface area (Å²) in [6, 6.07) is 6.10. The summed E-state index contributed by atoms with van der Waals surface area (Å²) >= 11 is 0. The molecule has 0 unspecified atom stereocenters. The molecule has 8 heteroatoms. The Bertz CT molecular complexity index is 1110. The van der Waals surface area contributed by atoms with Crippen LogP contribution in [0.15, 0.2) is 23.0 Å². The molecule has 0 amide bonds. The molecule has 30 heavy (non-hydrogen) atoms. The molecule has 2 atom stereocenters. The molecule has 2 saturated heterocycles. The van der Waals surface area contributed by atoms with Crippen LogP contribution < -0.4 is 10.5 Å². The summed E-state index contributed by atoms with van der Waals surface area (Å²) < 4.78 is 7.67. The van der Waals surface area contributed by atoms with Crippen LogP contribution in [0.2, 0.25) is 0 Å². The smallest absolute Gasteiger partial charge is 0.258 e. The number of rotatable bonds is 5. The third-order valence-corrected chi connectivity index (χ3v) is 6.51. The van der Waals surface area contributed by atoms with Crippen molar-refractivity contribution in [3.63, 3.8) is 0 Å². The van der Waals surface area contributed by atoms with Crippen LogP contribution in [0.4, 0.5) is 0 Å². The lowest BCUT2D eigenvalue weighted by Gasteiger charge is -2.24. The first-order valence-electron chi connectivity index (χ1n) is 11.0. The number of quaternary nitrogens is 1. The highest BCUT2D eigenvalue weighted by molar-refractivity contribution is 5.83. The van der Waals surface area contributed by atoms with E-state index in [1.165, 1.54) is 10.5 Å². The van der Waals surface area contributed by atoms with Gasteiger partial charge in [-0.15, -0.1) is 5.10 Å². The summed E-state index contributed by atoms with van der Waals surface area (Å²) in [7, 11) is 0. The van der Waals surface area contributed by atoms with Gasteiger partial charge in [-0.05, 0) is 60.2 Å². The lowest BCUT2D eigenvalue weighted by molar-refractivity contribution is -0.914. The van der Waals surface area contributed by atoms with E-state index in [4.69, 9.17) is 4.74 Å². The zero-order chi connectivity index (χ0) is 20.7. The lowest BCUT2D eigenvalue weighted by atomic mass is 10.0. The van der Waals surface area contributed by atoms with Gasteiger partial charge < -0.3 is 14.6 Å². The van der Waals surface area contributed by atoms with Crippen molar-refractivity contribution in [2.75, 3.05) is 19.7 Å². The standard InChI is InChI=1S/C22H28N6O2/c1-14-10-15(2)19-16(11-14)12-18(22(29)23-19)20(27-7-3-4-8-27)21-24-25-26-28(21)13-17-6-5-9-30-17/h10-12,17,20H,3-9,13H2,1-2H3,(H,23,29)/p+1/t17-,20-/m1/s1. The fraction of sp³-hybridized carbons (Fsp3) is 0.545. The Morgan fingerprint density at radius 1 is 1.23 bits per heavy atom. The summed E-state index contributed by atoms with van der Waals surface area (Å²) in [6.07, 6.45) is 4.55. The van der Waals surface area contributed by atoms with Gasteiger partial charge in [-0.2, -0.15) is 0 Å². The van der Waals surface area contributed by atoms with Crippen molar-refractivity contribution in [2.45, 2.75) is 58.2 Å². The molecule has 0 aliphatic carbocycles. The van der Waals surface area contributed by atoms with E-state index in [2.05, 4.69) is 45.6 Å². The minimum Gasteiger partial charge on any atom is -0.376 e. The van der Waals surface area contributed by atoms with Crippen molar-refractivity contribution in [3.05, 3.63) is 51.1 Å². The second kappa shape index (κ2) is 7.92. The summed E-state index contributed by atoms with van der Waals surface area (Å²) in [6.45, 7) is 7.59. The topological polar surface area (TPSA) is 90.1 Å². The summed E-state index contributed by atoms with van der Waals surface area (Å²) in [5.74, 6) is 0.761. The van der Waals surface area contributed by atoms with Gasteiger partial charge in [0.15, 0.2) is 6.04 Å². The van der Waals surface area contributed by atoms with Crippen LogP contribution in [-0.2, 0) is 11.3 Å². The average Bonchev–Trinajstić information content (AvgIpc) is 3.48. The van der Waals surface area contributed by atoms with Crippen LogP contribution in [-0.4, -0.2) is 51.0 Å². The molecular formula is C22H29N6O2+. The quantitative estimate of drug-likeness (QED) is 0.658. The van der Waals surface area contributed by atoms with Gasteiger partial charge in [0.1, 0.15) is 0 Å². The molecule has 4 heterocycles. The lowest BCUT2D eigenvalue weighted by Crippen LogP contribution is -3.10. The number of benzene rings is 1. The monoisotopic (exact) mass is 409 g/mol. The number of nitrogens with zero attached hydrogens (tertiary/aromatic N) is 4. The number of H-pyrrole nitrogens is 1. The summed E-state index contributed by atoms with van der Waals surface area (Å²) in [4.78, 5) is 17.7. The number of ether oxygens (including phenoxy) is 1. The van der Waals surface area contributed by atoms with E-state index in [0.29, 0.717) is 6.54 Å². The van der Waals surface area contributed by atoms with E-state index in [1.54, 1.807) is 0 Å². The number of fused-ring (bicyclic) bond motifs is 1. The Morgan fingerprint density at radius 3 is 2.83 bits per heavy atom. The van der Waals surface area contributed by atoms with E-state index in [0.717, 1.165) is 73.2 Å². The van der Waals surface area contributed by atoms with Crippen LogP contribution in [0.5, 0.6) is 0 Å². The molecule has 0 spiro atoms. The Balaban J connectivity index is 1.62. The van der Waals surface area contributed by atoms with E-state index >= 15 is 0 Å². The highest BCUT2D eigenvalue weighted by Crippen LogP contribution is 2.23. The van der Waals surface area contributed by atoms with Crippen molar-refractivity contribution in [2.24, 2.45) is 0 Å². The molecule has 2 N–H and O–H groups in total. The molecular weight excluding hydrogens is 380 g/mol. The van der Waals surface area contributed by atoms with Gasteiger partial charge in [-0.3, -0.25) is 4.79 Å². The normalized spacial score (nSPS) is 20.9. The van der Waals surface area contributed by atoms with E-state index < -0.39 is 0 Å². The third-order valence-electron chi connectivity index (χ3n) is 6.51. The molecule has 2 aliphatic rings. The number of likely N-dealkylation sites (tertiary alicyclic amines) is 1. The Hall–Kier alpha value is -2.58. The molecule has 8 nitrogen and oxygen atoms in total. The fourth-order valence-electron chi connectivity index (χ4n) is 5.11. The molecule has 5 rings (SSSR count). The third kappa shape index (κ3) is 3.54. The largest absolute Gasteiger partial charge is 0.376 e. The number of nitrogens with one attached hydrogen (secondary N) is 2. The van der Waals surface area contributed by atoms with Crippen molar-refractivity contribution in [3.8, 4) is 0 Å². The van der Waals surface area contributed by atoms with Gasteiger partial charge >= 0.3 is 0 Å². The first-order valence-corrected chi connectivity index (χ1v) is 11.0. The van der Waals surface area contributed by atoms with Crippen molar-refractivity contribution in [1.82, 2.24) is 25.2 Å². The highest BCUT2D eigenvalue weighted by Gasteiger charge is 2.36. The molecule has 1 aromatic carbocycles. The highest BCUT2D eigenvalue weighted by atomic mass is 16.5. The zero-order valence-corrected chi connectivity index (χ0v) is 17.6. The minimum atomic E-state index is -0.183. The number of pyridine rings is 1.